The Labute approximate surface area is 123 Å². The van der Waals surface area contributed by atoms with Gasteiger partial charge in [0.25, 0.3) is 0 Å². The van der Waals surface area contributed by atoms with Gasteiger partial charge in [-0.05, 0) is 31.0 Å². The number of nitrogens with one attached hydrogen (secondary N) is 1. The largest absolute Gasteiger partial charge is 0.385 e. The summed E-state index contributed by atoms with van der Waals surface area (Å²) in [6.45, 7) is 10.9. The summed E-state index contributed by atoms with van der Waals surface area (Å²) >= 11 is 0. The number of para-hydroxylation sites is 1. The van der Waals surface area contributed by atoms with Gasteiger partial charge in [-0.15, -0.1) is 0 Å². The van der Waals surface area contributed by atoms with Crippen LogP contribution in [0.4, 0.5) is 5.69 Å². The molecule has 0 bridgehead atoms. The van der Waals surface area contributed by atoms with E-state index in [-0.39, 0.29) is 0 Å². The van der Waals surface area contributed by atoms with Crippen molar-refractivity contribution in [2.24, 2.45) is 0 Å². The molecule has 1 aromatic carbocycles. The molecule has 1 saturated heterocycles. The van der Waals surface area contributed by atoms with E-state index in [1.165, 1.54) is 63.4 Å². The van der Waals surface area contributed by atoms with Crippen LogP contribution in [0, 0.1) is 0 Å². The van der Waals surface area contributed by atoms with Crippen LogP contribution in [0.1, 0.15) is 31.2 Å². The smallest absolute Gasteiger partial charge is 0.0376 e. The summed E-state index contributed by atoms with van der Waals surface area (Å²) in [6.07, 6.45) is 2.55. The van der Waals surface area contributed by atoms with E-state index in [2.05, 4.69) is 46.3 Å². The number of fused-ring (bicyclic) bond motifs is 1. The minimum atomic E-state index is 0.713. The van der Waals surface area contributed by atoms with E-state index in [0.29, 0.717) is 5.92 Å². The Hall–Kier alpha value is -1.06. The van der Waals surface area contributed by atoms with Crippen molar-refractivity contribution >= 4 is 5.69 Å². The predicted octanol–water partition coefficient (Wildman–Crippen LogP) is 2.61. The Balaban J connectivity index is 1.57. The molecule has 0 radical (unpaired) electrons. The fourth-order valence-electron chi connectivity index (χ4n) is 3.56. The fourth-order valence-corrected chi connectivity index (χ4v) is 3.56. The van der Waals surface area contributed by atoms with Crippen LogP contribution < -0.4 is 5.32 Å². The molecule has 3 nitrogen and oxygen atoms in total. The summed E-state index contributed by atoms with van der Waals surface area (Å²) in [5, 5.41) is 3.53. The molecule has 1 fully saturated rings. The average molecular weight is 273 g/mol. The van der Waals surface area contributed by atoms with Gasteiger partial charge in [0.05, 0.1) is 0 Å². The molecule has 2 aliphatic rings. The van der Waals surface area contributed by atoms with Gasteiger partial charge in [-0.25, -0.2) is 0 Å². The zero-order chi connectivity index (χ0) is 13.8. The van der Waals surface area contributed by atoms with Crippen LogP contribution in [0.15, 0.2) is 24.3 Å². The van der Waals surface area contributed by atoms with Crippen molar-refractivity contribution in [2.75, 3.05) is 51.1 Å². The number of anilines is 1. The molecule has 2 aliphatic heterocycles. The number of piperazine rings is 1. The lowest BCUT2D eigenvalue weighted by atomic mass is 9.90. The maximum atomic E-state index is 3.53. The normalized spacial score (nSPS) is 24.1. The van der Waals surface area contributed by atoms with Gasteiger partial charge in [-0.2, -0.15) is 0 Å². The number of rotatable bonds is 4. The molecule has 0 spiro atoms. The fraction of sp³-hybridized carbons (Fsp3) is 0.647. The number of hydrogen-bond acceptors (Lipinski definition) is 3. The van der Waals surface area contributed by atoms with E-state index < -0.39 is 0 Å². The Morgan fingerprint density at radius 2 is 1.85 bits per heavy atom. The molecule has 0 aromatic heterocycles. The van der Waals surface area contributed by atoms with Crippen LogP contribution in [0.3, 0.4) is 0 Å². The molecule has 2 heterocycles. The van der Waals surface area contributed by atoms with E-state index in [1.807, 2.05) is 0 Å². The first kappa shape index (κ1) is 13.9. The van der Waals surface area contributed by atoms with E-state index in [9.17, 15) is 0 Å². The van der Waals surface area contributed by atoms with Gasteiger partial charge in [0.2, 0.25) is 0 Å². The highest BCUT2D eigenvalue weighted by molar-refractivity contribution is 5.54. The van der Waals surface area contributed by atoms with Crippen LogP contribution in [0.5, 0.6) is 0 Å². The van der Waals surface area contributed by atoms with Crippen LogP contribution in [-0.4, -0.2) is 55.6 Å². The third-order valence-corrected chi connectivity index (χ3v) is 4.69. The Morgan fingerprint density at radius 1 is 1.10 bits per heavy atom. The first-order valence-corrected chi connectivity index (χ1v) is 8.14. The number of benzene rings is 1. The SMILES string of the molecule is CCCN1CCN(CC2CCNc3ccccc32)CC1. The van der Waals surface area contributed by atoms with Gasteiger partial charge >= 0.3 is 0 Å². The van der Waals surface area contributed by atoms with Crippen molar-refractivity contribution in [3.8, 4) is 0 Å². The molecule has 1 unspecified atom stereocenters. The lowest BCUT2D eigenvalue weighted by molar-refractivity contribution is 0.126. The molecule has 0 aliphatic carbocycles. The second-order valence-corrected chi connectivity index (χ2v) is 6.14. The summed E-state index contributed by atoms with van der Waals surface area (Å²) < 4.78 is 0. The zero-order valence-corrected chi connectivity index (χ0v) is 12.6. The molecule has 20 heavy (non-hydrogen) atoms. The summed E-state index contributed by atoms with van der Waals surface area (Å²) in [7, 11) is 0. The third-order valence-electron chi connectivity index (χ3n) is 4.69. The molecule has 0 amide bonds. The van der Waals surface area contributed by atoms with Gasteiger partial charge in [-0.1, -0.05) is 25.1 Å². The summed E-state index contributed by atoms with van der Waals surface area (Å²) in [5.74, 6) is 0.713. The standard InChI is InChI=1S/C17H27N3/c1-2-9-19-10-12-20(13-11-19)14-15-7-8-18-17-6-4-3-5-16(15)17/h3-6,15,18H,2,7-14H2,1H3. The van der Waals surface area contributed by atoms with Gasteiger partial charge in [0.1, 0.15) is 0 Å². The lowest BCUT2D eigenvalue weighted by Gasteiger charge is -2.37. The first-order valence-electron chi connectivity index (χ1n) is 8.14. The maximum absolute atomic E-state index is 3.53. The molecular formula is C17H27N3. The minimum Gasteiger partial charge on any atom is -0.385 e. The molecule has 3 rings (SSSR count). The maximum Gasteiger partial charge on any atom is 0.0376 e. The van der Waals surface area contributed by atoms with Crippen LogP contribution in [0.2, 0.25) is 0 Å². The number of nitrogens with zero attached hydrogens (tertiary/aromatic N) is 2. The monoisotopic (exact) mass is 273 g/mol. The molecule has 0 saturated carbocycles. The lowest BCUT2D eigenvalue weighted by Crippen LogP contribution is -2.47. The zero-order valence-electron chi connectivity index (χ0n) is 12.6. The van der Waals surface area contributed by atoms with Crippen molar-refractivity contribution in [3.05, 3.63) is 29.8 Å². The molecule has 1 N–H and O–H groups in total. The Bertz CT molecular complexity index is 424. The Morgan fingerprint density at radius 3 is 2.65 bits per heavy atom. The molecule has 3 heteroatoms. The van der Waals surface area contributed by atoms with Gasteiger partial charge < -0.3 is 15.1 Å². The van der Waals surface area contributed by atoms with Crippen molar-refractivity contribution in [2.45, 2.75) is 25.7 Å². The van der Waals surface area contributed by atoms with Crippen LogP contribution in [0.25, 0.3) is 0 Å². The molecule has 1 aromatic rings. The first-order chi connectivity index (χ1) is 9.86. The van der Waals surface area contributed by atoms with Crippen LogP contribution in [-0.2, 0) is 0 Å². The minimum absolute atomic E-state index is 0.713. The van der Waals surface area contributed by atoms with E-state index in [4.69, 9.17) is 0 Å². The molecule has 1 atom stereocenters. The third kappa shape index (κ3) is 3.15. The average Bonchev–Trinajstić information content (AvgIpc) is 2.50. The van der Waals surface area contributed by atoms with E-state index in [1.54, 1.807) is 0 Å². The highest BCUT2D eigenvalue weighted by atomic mass is 15.3. The van der Waals surface area contributed by atoms with Crippen molar-refractivity contribution in [1.29, 1.82) is 0 Å². The van der Waals surface area contributed by atoms with Crippen molar-refractivity contribution in [3.63, 3.8) is 0 Å². The van der Waals surface area contributed by atoms with Crippen molar-refractivity contribution < 1.29 is 0 Å². The molecular weight excluding hydrogens is 246 g/mol. The topological polar surface area (TPSA) is 18.5 Å². The second kappa shape index (κ2) is 6.59. The van der Waals surface area contributed by atoms with E-state index >= 15 is 0 Å². The van der Waals surface area contributed by atoms with Crippen molar-refractivity contribution in [1.82, 2.24) is 9.80 Å². The number of hydrogen-bond donors (Lipinski definition) is 1. The predicted molar refractivity (Wildman–Crippen MR) is 85.5 cm³/mol. The molecule has 110 valence electrons. The summed E-state index contributed by atoms with van der Waals surface area (Å²) in [6, 6.07) is 8.84. The van der Waals surface area contributed by atoms with Crippen LogP contribution >= 0.6 is 0 Å². The van der Waals surface area contributed by atoms with Gasteiger partial charge in [0, 0.05) is 50.9 Å². The highest BCUT2D eigenvalue weighted by Crippen LogP contribution is 2.31. The van der Waals surface area contributed by atoms with E-state index in [0.717, 1.165) is 6.54 Å². The summed E-state index contributed by atoms with van der Waals surface area (Å²) in [5.41, 5.74) is 2.88. The second-order valence-electron chi connectivity index (χ2n) is 6.14. The van der Waals surface area contributed by atoms with Gasteiger partial charge in [0.15, 0.2) is 0 Å². The highest BCUT2D eigenvalue weighted by Gasteiger charge is 2.24. The quantitative estimate of drug-likeness (QED) is 0.910. The Kier molecular flexibility index (Phi) is 4.58. The summed E-state index contributed by atoms with van der Waals surface area (Å²) in [4.78, 5) is 5.27. The van der Waals surface area contributed by atoms with Gasteiger partial charge in [-0.3, -0.25) is 0 Å².